The zero-order valence-corrected chi connectivity index (χ0v) is 14.3. The maximum Gasteiger partial charge on any atom is 0.307 e. The predicted molar refractivity (Wildman–Crippen MR) is 84.5 cm³/mol. The van der Waals surface area contributed by atoms with Gasteiger partial charge in [0.2, 0.25) is 0 Å². The Morgan fingerprint density at radius 3 is 1.36 bits per heavy atom. The van der Waals surface area contributed by atoms with Crippen LogP contribution in [-0.2, 0) is 9.59 Å². The average molecular weight is 310 g/mol. The van der Waals surface area contributed by atoms with E-state index in [0.717, 1.165) is 38.5 Å². The zero-order chi connectivity index (χ0) is 16.7. The number of hydrogen-bond acceptors (Lipinski definition) is 2. The Hall–Kier alpha value is -1.06. The molecule has 0 aromatic heterocycles. The molecule has 0 spiro atoms. The predicted octanol–water partition coefficient (Wildman–Crippen LogP) is 4.04. The Kier molecular flexibility index (Phi) is 4.61. The van der Waals surface area contributed by atoms with Crippen LogP contribution in [0.1, 0.15) is 66.2 Å². The monoisotopic (exact) mass is 310 g/mol. The molecule has 0 aromatic carbocycles. The molecule has 4 unspecified atom stereocenters. The minimum absolute atomic E-state index is 0.0734. The van der Waals surface area contributed by atoms with Crippen LogP contribution in [0.4, 0.5) is 0 Å². The molecule has 0 aromatic rings. The fourth-order valence-corrected chi connectivity index (χ4v) is 4.63. The molecule has 0 bridgehead atoms. The first-order valence-corrected chi connectivity index (χ1v) is 8.54. The Morgan fingerprint density at radius 1 is 0.818 bits per heavy atom. The summed E-state index contributed by atoms with van der Waals surface area (Å²) in [6.07, 6.45) is 6.10. The maximum absolute atomic E-state index is 11.1. The Labute approximate surface area is 133 Å². The second kappa shape index (κ2) is 5.86. The van der Waals surface area contributed by atoms with Gasteiger partial charge in [0.15, 0.2) is 0 Å². The zero-order valence-electron chi connectivity index (χ0n) is 14.3. The number of rotatable bonds is 7. The van der Waals surface area contributed by atoms with Crippen LogP contribution in [0.25, 0.3) is 0 Å². The highest BCUT2D eigenvalue weighted by atomic mass is 16.4. The molecular weight excluding hydrogens is 280 g/mol. The largest absolute Gasteiger partial charge is 0.481 e. The van der Waals surface area contributed by atoms with Crippen molar-refractivity contribution in [1.82, 2.24) is 0 Å². The van der Waals surface area contributed by atoms with Gasteiger partial charge in [-0.05, 0) is 48.3 Å². The smallest absolute Gasteiger partial charge is 0.307 e. The van der Waals surface area contributed by atoms with Crippen LogP contribution in [0.15, 0.2) is 0 Å². The van der Waals surface area contributed by atoms with Gasteiger partial charge in [-0.3, -0.25) is 9.59 Å². The van der Waals surface area contributed by atoms with Crippen molar-refractivity contribution < 1.29 is 19.8 Å². The number of carbonyl (C=O) groups is 2. The minimum atomic E-state index is -0.655. The van der Waals surface area contributed by atoms with Gasteiger partial charge in [0.05, 0.1) is 11.8 Å². The average Bonchev–Trinajstić information content (AvgIpc) is 2.38. The van der Waals surface area contributed by atoms with E-state index in [1.54, 1.807) is 0 Å². The van der Waals surface area contributed by atoms with Crippen molar-refractivity contribution in [3.63, 3.8) is 0 Å². The van der Waals surface area contributed by atoms with E-state index in [4.69, 9.17) is 10.2 Å². The van der Waals surface area contributed by atoms with Gasteiger partial charge in [0, 0.05) is 0 Å². The summed E-state index contributed by atoms with van der Waals surface area (Å²) < 4.78 is 0. The third kappa shape index (κ3) is 2.89. The van der Waals surface area contributed by atoms with E-state index in [2.05, 4.69) is 27.7 Å². The van der Waals surface area contributed by atoms with E-state index in [1.165, 1.54) is 0 Å². The van der Waals surface area contributed by atoms with Crippen molar-refractivity contribution in [1.29, 1.82) is 0 Å². The van der Waals surface area contributed by atoms with E-state index < -0.39 is 11.9 Å². The summed E-state index contributed by atoms with van der Waals surface area (Å²) >= 11 is 0. The van der Waals surface area contributed by atoms with Crippen LogP contribution in [0.2, 0.25) is 0 Å². The number of hydrogen-bond donors (Lipinski definition) is 2. The van der Waals surface area contributed by atoms with Gasteiger partial charge in [0.25, 0.3) is 0 Å². The molecule has 0 saturated heterocycles. The lowest BCUT2D eigenvalue weighted by atomic mass is 9.52. The van der Waals surface area contributed by atoms with Crippen LogP contribution in [0.3, 0.4) is 0 Å². The Morgan fingerprint density at radius 2 is 1.14 bits per heavy atom. The highest BCUT2D eigenvalue weighted by Crippen LogP contribution is 2.55. The third-order valence-electron chi connectivity index (χ3n) is 6.89. The first-order valence-electron chi connectivity index (χ1n) is 8.54. The molecule has 2 saturated carbocycles. The fraction of sp³-hybridized carbons (Fsp3) is 0.889. The lowest BCUT2D eigenvalue weighted by Crippen LogP contribution is -2.49. The normalized spacial score (nSPS) is 35.3. The minimum Gasteiger partial charge on any atom is -0.481 e. The van der Waals surface area contributed by atoms with Gasteiger partial charge in [-0.25, -0.2) is 0 Å². The molecule has 0 heterocycles. The van der Waals surface area contributed by atoms with Gasteiger partial charge in [-0.15, -0.1) is 0 Å². The van der Waals surface area contributed by atoms with Gasteiger partial charge in [0.1, 0.15) is 0 Å². The van der Waals surface area contributed by atoms with E-state index in [0.29, 0.717) is 11.8 Å². The molecule has 4 heteroatoms. The van der Waals surface area contributed by atoms with Gasteiger partial charge in [-0.1, -0.05) is 40.5 Å². The molecule has 126 valence electrons. The molecule has 2 aliphatic carbocycles. The Balaban J connectivity index is 1.67. The van der Waals surface area contributed by atoms with Crippen LogP contribution >= 0.6 is 0 Å². The first-order chi connectivity index (χ1) is 10.1. The van der Waals surface area contributed by atoms with Crippen LogP contribution in [0.5, 0.6) is 0 Å². The second-order valence-corrected chi connectivity index (χ2v) is 8.57. The summed E-state index contributed by atoms with van der Waals surface area (Å²) in [7, 11) is 0. The lowest BCUT2D eigenvalue weighted by molar-refractivity contribution is -0.161. The van der Waals surface area contributed by atoms with Crippen molar-refractivity contribution in [2.45, 2.75) is 66.2 Å². The van der Waals surface area contributed by atoms with Crippen LogP contribution < -0.4 is 0 Å². The summed E-state index contributed by atoms with van der Waals surface area (Å²) in [6.45, 7) is 8.30. The number of aliphatic carboxylic acids is 2. The molecule has 22 heavy (non-hydrogen) atoms. The van der Waals surface area contributed by atoms with E-state index >= 15 is 0 Å². The maximum atomic E-state index is 11.1. The molecule has 2 rings (SSSR count). The van der Waals surface area contributed by atoms with Crippen molar-refractivity contribution in [3.8, 4) is 0 Å². The molecule has 2 aliphatic rings. The molecular formula is C18H30O4. The fourth-order valence-electron chi connectivity index (χ4n) is 4.63. The van der Waals surface area contributed by atoms with Crippen molar-refractivity contribution in [3.05, 3.63) is 0 Å². The first kappa shape index (κ1) is 17.3. The summed E-state index contributed by atoms with van der Waals surface area (Å²) in [5.41, 5.74) is -0.147. The highest BCUT2D eigenvalue weighted by molar-refractivity contribution is 5.72. The highest BCUT2D eigenvalue weighted by Gasteiger charge is 2.52. The van der Waals surface area contributed by atoms with E-state index in [9.17, 15) is 9.59 Å². The van der Waals surface area contributed by atoms with Crippen molar-refractivity contribution >= 4 is 11.9 Å². The van der Waals surface area contributed by atoms with Crippen LogP contribution in [-0.4, -0.2) is 22.2 Å². The summed E-state index contributed by atoms with van der Waals surface area (Å²) in [5.74, 6) is -0.627. The molecule has 0 aliphatic heterocycles. The van der Waals surface area contributed by atoms with Crippen LogP contribution in [0, 0.1) is 34.5 Å². The van der Waals surface area contributed by atoms with Crippen molar-refractivity contribution in [2.75, 3.05) is 0 Å². The van der Waals surface area contributed by atoms with E-state index in [1.807, 2.05) is 0 Å². The molecule has 2 fully saturated rings. The molecule has 2 N–H and O–H groups in total. The van der Waals surface area contributed by atoms with Crippen molar-refractivity contribution in [2.24, 2.45) is 34.5 Å². The molecule has 0 amide bonds. The number of carboxylic acid groups (broad SMARTS) is 2. The quantitative estimate of drug-likeness (QED) is 0.696. The summed E-state index contributed by atoms with van der Waals surface area (Å²) in [6, 6.07) is 0. The number of unbranched alkanes of at least 4 members (excludes halogenated alkanes) is 1. The Bertz CT molecular complexity index is 410. The third-order valence-corrected chi connectivity index (χ3v) is 6.89. The SMILES string of the molecule is CC1(C)C(CCCCC2CC(C(=O)O)C2(C)C)CC1C(=O)O. The molecule has 4 nitrogen and oxygen atoms in total. The van der Waals surface area contributed by atoms with Gasteiger partial charge >= 0.3 is 11.9 Å². The standard InChI is InChI=1S/C18H30O4/c1-17(2)11(9-13(17)15(19)20)7-5-6-8-12-10-14(16(21)22)18(12,3)4/h11-14H,5-10H2,1-4H3,(H,19,20)(H,21,22). The van der Waals surface area contributed by atoms with Gasteiger partial charge < -0.3 is 10.2 Å². The molecule has 4 atom stereocenters. The second-order valence-electron chi connectivity index (χ2n) is 8.57. The number of carboxylic acids is 2. The molecule has 0 radical (unpaired) electrons. The lowest BCUT2D eigenvalue weighted by Gasteiger charge is -2.51. The summed E-state index contributed by atoms with van der Waals surface area (Å²) in [4.78, 5) is 22.2. The van der Waals surface area contributed by atoms with E-state index in [-0.39, 0.29) is 22.7 Å². The van der Waals surface area contributed by atoms with Gasteiger partial charge in [-0.2, -0.15) is 0 Å². The topological polar surface area (TPSA) is 74.6 Å². The summed E-state index contributed by atoms with van der Waals surface area (Å²) in [5, 5.41) is 18.3.